The molecule has 2 rings (SSSR count). The molecule has 0 aromatic heterocycles. The zero-order valence-electron chi connectivity index (χ0n) is 9.58. The van der Waals surface area contributed by atoms with Gasteiger partial charge in [0.1, 0.15) is 11.2 Å². The number of hydrogen-bond acceptors (Lipinski definition) is 3. The lowest BCUT2D eigenvalue weighted by atomic mass is 9.72. The van der Waals surface area contributed by atoms with Gasteiger partial charge in [0.15, 0.2) is 0 Å². The highest BCUT2D eigenvalue weighted by Gasteiger charge is 2.57. The van der Waals surface area contributed by atoms with Gasteiger partial charge in [-0.2, -0.15) is 0 Å². The van der Waals surface area contributed by atoms with Crippen molar-refractivity contribution in [1.82, 2.24) is 0 Å². The number of carbonyl (C=O) groups excluding carboxylic acids is 1. The van der Waals surface area contributed by atoms with Gasteiger partial charge in [0.2, 0.25) is 0 Å². The number of ether oxygens (including phenoxy) is 1. The minimum atomic E-state index is -0.852. The standard InChI is InChI=1S/C12H20O3/c1-9-5-3-4-7-11(2,14)12(9)8-6-10(13)15-12/h9,14H,3-8H2,1-2H3/t9-,11+,12+/m1/s1. The summed E-state index contributed by atoms with van der Waals surface area (Å²) in [5.74, 6) is 0.116. The average Bonchev–Trinajstić information content (AvgIpc) is 2.52. The number of carbonyl (C=O) groups is 1. The van der Waals surface area contributed by atoms with Gasteiger partial charge in [-0.1, -0.05) is 19.8 Å². The fourth-order valence-electron chi connectivity index (χ4n) is 3.21. The summed E-state index contributed by atoms with van der Waals surface area (Å²) >= 11 is 0. The Labute approximate surface area is 90.8 Å². The van der Waals surface area contributed by atoms with Crippen LogP contribution < -0.4 is 0 Å². The quantitative estimate of drug-likeness (QED) is 0.625. The topological polar surface area (TPSA) is 46.5 Å². The van der Waals surface area contributed by atoms with Gasteiger partial charge in [-0.25, -0.2) is 0 Å². The fourth-order valence-corrected chi connectivity index (χ4v) is 3.21. The smallest absolute Gasteiger partial charge is 0.306 e. The van der Waals surface area contributed by atoms with E-state index in [9.17, 15) is 9.90 Å². The molecule has 1 aliphatic heterocycles. The Morgan fingerprint density at radius 1 is 1.40 bits per heavy atom. The van der Waals surface area contributed by atoms with E-state index >= 15 is 0 Å². The van der Waals surface area contributed by atoms with Gasteiger partial charge >= 0.3 is 5.97 Å². The zero-order valence-corrected chi connectivity index (χ0v) is 9.58. The average molecular weight is 212 g/mol. The van der Waals surface area contributed by atoms with E-state index in [1.165, 1.54) is 0 Å². The minimum absolute atomic E-state index is 0.149. The van der Waals surface area contributed by atoms with Gasteiger partial charge in [-0.15, -0.1) is 0 Å². The van der Waals surface area contributed by atoms with Gasteiger partial charge in [-0.05, 0) is 25.7 Å². The summed E-state index contributed by atoms with van der Waals surface area (Å²) in [4.78, 5) is 11.3. The van der Waals surface area contributed by atoms with E-state index in [4.69, 9.17) is 4.74 Å². The summed E-state index contributed by atoms with van der Waals surface area (Å²) in [7, 11) is 0. The lowest BCUT2D eigenvalue weighted by Gasteiger charge is -2.43. The van der Waals surface area contributed by atoms with Crippen molar-refractivity contribution >= 4 is 5.97 Å². The molecule has 0 unspecified atom stereocenters. The van der Waals surface area contributed by atoms with Gasteiger partial charge in [-0.3, -0.25) is 4.79 Å². The van der Waals surface area contributed by atoms with Crippen molar-refractivity contribution in [2.75, 3.05) is 0 Å². The van der Waals surface area contributed by atoms with Crippen LogP contribution in [0.15, 0.2) is 0 Å². The molecule has 0 aromatic carbocycles. The molecule has 3 heteroatoms. The number of rotatable bonds is 0. The molecule has 3 nitrogen and oxygen atoms in total. The summed E-state index contributed by atoms with van der Waals surface area (Å²) in [6.45, 7) is 3.92. The second-order valence-corrected chi connectivity index (χ2v) is 5.28. The largest absolute Gasteiger partial charge is 0.456 e. The molecule has 2 fully saturated rings. The predicted molar refractivity (Wildman–Crippen MR) is 56.3 cm³/mol. The first-order valence-electron chi connectivity index (χ1n) is 5.92. The van der Waals surface area contributed by atoms with Crippen LogP contribution in [0, 0.1) is 5.92 Å². The van der Waals surface area contributed by atoms with Crippen LogP contribution in [0.2, 0.25) is 0 Å². The van der Waals surface area contributed by atoms with E-state index in [0.29, 0.717) is 12.8 Å². The van der Waals surface area contributed by atoms with E-state index in [2.05, 4.69) is 6.92 Å². The molecule has 0 aromatic rings. The maximum atomic E-state index is 11.3. The van der Waals surface area contributed by atoms with Gasteiger partial charge in [0.25, 0.3) is 0 Å². The van der Waals surface area contributed by atoms with Crippen LogP contribution in [-0.2, 0) is 9.53 Å². The fraction of sp³-hybridized carbons (Fsp3) is 0.917. The van der Waals surface area contributed by atoms with Crippen LogP contribution in [0.3, 0.4) is 0 Å². The van der Waals surface area contributed by atoms with Crippen molar-refractivity contribution < 1.29 is 14.6 Å². The van der Waals surface area contributed by atoms with Crippen LogP contribution >= 0.6 is 0 Å². The Hall–Kier alpha value is -0.570. The molecule has 1 saturated carbocycles. The molecule has 0 bridgehead atoms. The van der Waals surface area contributed by atoms with E-state index in [0.717, 1.165) is 25.7 Å². The second kappa shape index (κ2) is 3.48. The third kappa shape index (κ3) is 1.57. The zero-order chi connectivity index (χ0) is 11.1. The highest BCUT2D eigenvalue weighted by Crippen LogP contribution is 2.48. The summed E-state index contributed by atoms with van der Waals surface area (Å²) < 4.78 is 5.51. The summed E-state index contributed by atoms with van der Waals surface area (Å²) in [5.41, 5.74) is -1.46. The van der Waals surface area contributed by atoms with Crippen molar-refractivity contribution in [2.45, 2.75) is 63.6 Å². The van der Waals surface area contributed by atoms with Crippen molar-refractivity contribution in [2.24, 2.45) is 5.92 Å². The molecule has 15 heavy (non-hydrogen) atoms. The van der Waals surface area contributed by atoms with Crippen molar-refractivity contribution in [3.8, 4) is 0 Å². The lowest BCUT2D eigenvalue weighted by molar-refractivity contribution is -0.189. The highest BCUT2D eigenvalue weighted by atomic mass is 16.6. The van der Waals surface area contributed by atoms with Crippen LogP contribution in [0.25, 0.3) is 0 Å². The van der Waals surface area contributed by atoms with E-state index in [1.54, 1.807) is 0 Å². The normalized spacial score (nSPS) is 46.6. The first-order chi connectivity index (χ1) is 6.98. The van der Waals surface area contributed by atoms with Gasteiger partial charge < -0.3 is 9.84 Å². The Kier molecular flexibility index (Phi) is 2.53. The molecular formula is C12H20O3. The Morgan fingerprint density at radius 2 is 2.13 bits per heavy atom. The number of esters is 1. The molecule has 1 heterocycles. The SMILES string of the molecule is C[C@@H]1CCCC[C@](C)(O)[C@]12CCC(=O)O2. The van der Waals surface area contributed by atoms with Crippen LogP contribution in [0.4, 0.5) is 0 Å². The minimum Gasteiger partial charge on any atom is -0.456 e. The molecule has 0 amide bonds. The summed E-state index contributed by atoms with van der Waals surface area (Å²) in [6.07, 6.45) is 5.07. The maximum Gasteiger partial charge on any atom is 0.306 e. The van der Waals surface area contributed by atoms with Gasteiger partial charge in [0.05, 0.1) is 0 Å². The lowest BCUT2D eigenvalue weighted by Crippen LogP contribution is -2.55. The van der Waals surface area contributed by atoms with Crippen molar-refractivity contribution in [1.29, 1.82) is 0 Å². The Morgan fingerprint density at radius 3 is 2.73 bits per heavy atom. The van der Waals surface area contributed by atoms with Crippen LogP contribution in [-0.4, -0.2) is 22.3 Å². The van der Waals surface area contributed by atoms with E-state index in [1.807, 2.05) is 6.92 Å². The first kappa shape index (κ1) is 10.9. The molecule has 0 radical (unpaired) electrons. The summed E-state index contributed by atoms with van der Waals surface area (Å²) in [5, 5.41) is 10.5. The summed E-state index contributed by atoms with van der Waals surface area (Å²) in [6, 6.07) is 0. The second-order valence-electron chi connectivity index (χ2n) is 5.28. The molecular weight excluding hydrogens is 192 g/mol. The van der Waals surface area contributed by atoms with E-state index in [-0.39, 0.29) is 11.9 Å². The maximum absolute atomic E-state index is 11.3. The number of aliphatic hydroxyl groups is 1. The number of hydrogen-bond donors (Lipinski definition) is 1. The first-order valence-corrected chi connectivity index (χ1v) is 5.92. The highest BCUT2D eigenvalue weighted by molar-refractivity contribution is 5.72. The molecule has 1 spiro atoms. The molecule has 2 aliphatic rings. The molecule has 86 valence electrons. The van der Waals surface area contributed by atoms with Crippen LogP contribution in [0.5, 0.6) is 0 Å². The Balaban J connectivity index is 2.34. The van der Waals surface area contributed by atoms with E-state index < -0.39 is 11.2 Å². The third-order valence-electron chi connectivity index (χ3n) is 4.25. The predicted octanol–water partition coefficient (Wildman–Crippen LogP) is 2.02. The van der Waals surface area contributed by atoms with Gasteiger partial charge in [0, 0.05) is 12.8 Å². The molecule has 1 N–H and O–H groups in total. The van der Waals surface area contributed by atoms with Crippen LogP contribution in [0.1, 0.15) is 52.4 Å². The Bertz CT molecular complexity index is 272. The molecule has 1 saturated heterocycles. The molecule has 1 aliphatic carbocycles. The van der Waals surface area contributed by atoms with Crippen molar-refractivity contribution in [3.05, 3.63) is 0 Å². The molecule has 3 atom stereocenters. The third-order valence-corrected chi connectivity index (χ3v) is 4.25. The monoisotopic (exact) mass is 212 g/mol. The van der Waals surface area contributed by atoms with Crippen molar-refractivity contribution in [3.63, 3.8) is 0 Å².